The number of pyridine rings is 3. The number of hydrogen-bond acceptors (Lipinski definition) is 19. The minimum Gasteiger partial charge on any atom is -0.444 e. The molecular weight excluding hydrogens is 1520 g/mol. The van der Waals surface area contributed by atoms with E-state index in [1.54, 1.807) is 23.5 Å². The molecule has 9 rings (SSSR count). The second-order valence-corrected chi connectivity index (χ2v) is 32.5. The van der Waals surface area contributed by atoms with E-state index >= 15 is 0 Å². The van der Waals surface area contributed by atoms with Crippen LogP contribution in [0.5, 0.6) is 0 Å². The summed E-state index contributed by atoms with van der Waals surface area (Å²) in [5.74, 6) is -11.5. The van der Waals surface area contributed by atoms with Crippen molar-refractivity contribution in [3.05, 3.63) is 197 Å². The average Bonchev–Trinajstić information content (AvgIpc) is 1.38. The molecule has 0 aliphatic heterocycles. The molecule has 5 N–H and O–H groups in total. The van der Waals surface area contributed by atoms with Gasteiger partial charge in [0.2, 0.25) is 27.6 Å². The Kier molecular flexibility index (Phi) is 26.6. The highest BCUT2D eigenvalue weighted by molar-refractivity contribution is 7.92. The number of hydrogen-bond donors (Lipinski definition) is 5. The molecule has 6 atom stereocenters. The Labute approximate surface area is 609 Å². The van der Waals surface area contributed by atoms with Crippen molar-refractivity contribution < 1.29 is 111 Å². The van der Waals surface area contributed by atoms with E-state index in [1.165, 1.54) is 63.5 Å². The molecule has 0 unspecified atom stereocenters. The van der Waals surface area contributed by atoms with Gasteiger partial charge in [-0.1, -0.05) is 54.6 Å². The van der Waals surface area contributed by atoms with Crippen LogP contribution >= 0.6 is 0 Å². The van der Waals surface area contributed by atoms with E-state index in [2.05, 4.69) is 36.2 Å². The lowest BCUT2D eigenvalue weighted by molar-refractivity contribution is -0.189. The molecule has 108 heavy (non-hydrogen) atoms. The largest absolute Gasteiger partial charge is 0.444 e. The Morgan fingerprint density at radius 3 is 1.16 bits per heavy atom. The summed E-state index contributed by atoms with van der Waals surface area (Å²) >= 11 is 0. The summed E-state index contributed by atoms with van der Waals surface area (Å²) in [5.41, 5.74) is -7.96. The van der Waals surface area contributed by atoms with Crippen molar-refractivity contribution in [2.45, 2.75) is 153 Å². The van der Waals surface area contributed by atoms with Gasteiger partial charge >= 0.3 is 29.9 Å². The van der Waals surface area contributed by atoms with Gasteiger partial charge in [0.15, 0.2) is 25.7 Å². The Morgan fingerprint density at radius 1 is 0.481 bits per heavy atom. The van der Waals surface area contributed by atoms with Crippen LogP contribution in [-0.4, -0.2) is 145 Å². The zero-order chi connectivity index (χ0) is 80.3. The quantitative estimate of drug-likeness (QED) is 0.0299. The number of ether oxygens (including phenoxy) is 1. The lowest BCUT2D eigenvalue weighted by Gasteiger charge is -2.39. The molecule has 3 aromatic carbocycles. The first-order valence-electron chi connectivity index (χ1n) is 32.0. The van der Waals surface area contributed by atoms with Crippen molar-refractivity contribution in [1.29, 1.82) is 15.8 Å². The highest BCUT2D eigenvalue weighted by Crippen LogP contribution is 2.43. The van der Waals surface area contributed by atoms with Crippen LogP contribution in [0.25, 0.3) is 0 Å². The smallest absolute Gasteiger partial charge is 0.413 e. The number of rotatable bonds is 27. The summed E-state index contributed by atoms with van der Waals surface area (Å²) in [6, 6.07) is 12.4. The maximum atomic E-state index is 14.8. The number of nitrogens with zero attached hydrogens (tertiary/aromatic N) is 7. The van der Waals surface area contributed by atoms with E-state index in [0.29, 0.717) is 31.0 Å². The monoisotopic (exact) mass is 1590 g/mol. The predicted molar refractivity (Wildman–Crippen MR) is 354 cm³/mol. The van der Waals surface area contributed by atoms with Gasteiger partial charge in [0.25, 0.3) is 0 Å². The van der Waals surface area contributed by atoms with E-state index < -0.39 is 204 Å². The number of carbonyl (C=O) groups excluding carboxylic acids is 4. The lowest BCUT2D eigenvalue weighted by Crippen LogP contribution is -2.59. The standard InChI is InChI=1S/C26H28F4N4O5S.C21H18F6N4O3S.C21H20F4N4O3S/c1-24(2,3)39-23(36)34(21(26(28,29)30)17-7-9-18(27)10-8-17)20(22(35)33-25(16-31)11-12-25)15-40(37,38)14-19-6-4-5-13-32-19;22-14-6-4-13(5-7-14)17(20(23,24)25)30-15(18(32)31-19(12-28)8-9-19)11-35(33,34)21(26,27)16-3-1-2-10-29-16;22-15-6-4-14(5-7-15)18(21(23,24)25)28-17(19(30)29-20(13-26)8-9-20)12-33(31,32)11-16-3-1-2-10-27-16/h4-10,13,20-21H,11-12,14-15H2,1-3H3,(H,33,35);1-7,10,15,17,30H,8-9,11H2,(H,31,32);1-7,10,17-18,28H,8-9,11-12H2,(H,29,30)/t20-,21-;15-,17-;17-,18-/m000/s1. The third kappa shape index (κ3) is 24.0. The third-order valence-electron chi connectivity index (χ3n) is 16.2. The van der Waals surface area contributed by atoms with Gasteiger partial charge in [-0.25, -0.2) is 43.2 Å². The van der Waals surface area contributed by atoms with Gasteiger partial charge in [-0.2, -0.15) is 64.1 Å². The zero-order valence-corrected chi connectivity index (χ0v) is 59.2. The number of benzene rings is 3. The molecule has 3 fully saturated rings. The third-order valence-corrected chi connectivity index (χ3v) is 21.1. The number of aromatic nitrogens is 3. The van der Waals surface area contributed by atoms with E-state index in [1.807, 2.05) is 12.1 Å². The molecule has 40 heteroatoms. The Morgan fingerprint density at radius 2 is 0.833 bits per heavy atom. The van der Waals surface area contributed by atoms with Crippen molar-refractivity contribution in [3.63, 3.8) is 0 Å². The number of amides is 4. The van der Waals surface area contributed by atoms with Gasteiger partial charge in [-0.05, 0) is 149 Å². The minimum absolute atomic E-state index is 0.0112. The number of sulfone groups is 3. The molecule has 3 aromatic heterocycles. The molecular formula is C68H66F14N12O11S3. The molecule has 0 saturated heterocycles. The second kappa shape index (κ2) is 33.7. The van der Waals surface area contributed by atoms with Gasteiger partial charge in [-0.15, -0.1) is 0 Å². The van der Waals surface area contributed by atoms with E-state index in [0.717, 1.165) is 72.9 Å². The first-order chi connectivity index (χ1) is 50.1. The summed E-state index contributed by atoms with van der Waals surface area (Å²) in [5, 5.41) is 33.8. The second-order valence-electron chi connectivity index (χ2n) is 26.2. The Hall–Kier alpha value is -9.95. The fourth-order valence-electron chi connectivity index (χ4n) is 10.2. The summed E-state index contributed by atoms with van der Waals surface area (Å²) in [4.78, 5) is 63.6. The molecule has 3 saturated carbocycles. The number of nitrogens with one attached hydrogen (secondary N) is 5. The van der Waals surface area contributed by atoms with Crippen LogP contribution in [0.3, 0.4) is 0 Å². The van der Waals surface area contributed by atoms with Gasteiger partial charge in [-0.3, -0.25) is 44.9 Å². The number of carbonyl (C=O) groups is 4. The number of halogens is 14. The van der Waals surface area contributed by atoms with Gasteiger partial charge in [0.1, 0.15) is 75.6 Å². The van der Waals surface area contributed by atoms with Gasteiger partial charge in [0, 0.05) is 18.6 Å². The van der Waals surface area contributed by atoms with Crippen molar-refractivity contribution in [2.24, 2.45) is 0 Å². The highest BCUT2D eigenvalue weighted by Gasteiger charge is 2.57. The zero-order valence-electron chi connectivity index (χ0n) is 56.7. The SMILES string of the molecule is CC(C)(C)OC(=O)N([C@@H](c1ccc(F)cc1)C(F)(F)F)[C@@H](CS(=O)(=O)Cc1ccccn1)C(=O)NC1(C#N)CC1.N#CC1(NC(=O)[C@H](CS(=O)(=O)C(F)(F)c2ccccn2)N[C@@H](c2ccc(F)cc2)C(F)(F)F)CC1.N#CC1(NC(=O)[C@H](CS(=O)(=O)Cc2ccccn2)N[C@@H](c2ccc(F)cc2)C(F)(F)F)CC1. The molecule has 0 spiro atoms. The van der Waals surface area contributed by atoms with Gasteiger partial charge < -0.3 is 20.7 Å². The number of nitriles is 3. The molecule has 23 nitrogen and oxygen atoms in total. The number of alkyl halides is 11. The fourth-order valence-corrected chi connectivity index (χ4v) is 14.6. The van der Waals surface area contributed by atoms with Crippen LogP contribution in [0.2, 0.25) is 0 Å². The average molecular weight is 1590 g/mol. The van der Waals surface area contributed by atoms with Crippen molar-refractivity contribution >= 4 is 53.3 Å². The van der Waals surface area contributed by atoms with Crippen molar-refractivity contribution in [1.82, 2.24) is 46.4 Å². The molecule has 4 amide bonds. The summed E-state index contributed by atoms with van der Waals surface area (Å²) < 4.78 is 279. The van der Waals surface area contributed by atoms with Crippen molar-refractivity contribution in [3.8, 4) is 18.2 Å². The van der Waals surface area contributed by atoms with Crippen molar-refractivity contribution in [2.75, 3.05) is 17.3 Å². The molecule has 0 bridgehead atoms. The first kappa shape index (κ1) is 85.3. The van der Waals surface area contributed by atoms with Crippen LogP contribution < -0.4 is 26.6 Å². The maximum Gasteiger partial charge on any atom is 0.413 e. The summed E-state index contributed by atoms with van der Waals surface area (Å²) in [6.45, 7) is 4.14. The normalized spacial score (nSPS) is 16.8. The molecule has 0 radical (unpaired) electrons. The molecule has 6 aromatic rings. The van der Waals surface area contributed by atoms with Crippen LogP contribution in [0, 0.1) is 51.4 Å². The first-order valence-corrected chi connectivity index (χ1v) is 37.3. The molecule has 3 heterocycles. The summed E-state index contributed by atoms with van der Waals surface area (Å²) in [6.07, 6.45) is -12.1. The van der Waals surface area contributed by atoms with E-state index in [9.17, 15) is 116 Å². The highest BCUT2D eigenvalue weighted by atomic mass is 32.2. The van der Waals surface area contributed by atoms with E-state index in [4.69, 9.17) is 10.00 Å². The summed E-state index contributed by atoms with van der Waals surface area (Å²) in [7, 11) is -14.1. The molecule has 580 valence electrons. The fraction of sp³-hybridized carbons (Fsp3) is 0.412. The van der Waals surface area contributed by atoms with Crippen LogP contribution in [0.15, 0.2) is 146 Å². The van der Waals surface area contributed by atoms with E-state index in [-0.39, 0.29) is 42.0 Å². The topological polar surface area (TPSA) is 353 Å². The molecule has 3 aliphatic carbocycles. The van der Waals surface area contributed by atoms with Gasteiger partial charge in [0.05, 0.1) is 58.4 Å². The Balaban J connectivity index is 0.000000227. The Bertz CT molecular complexity index is 4640. The van der Waals surface area contributed by atoms with Crippen LogP contribution in [0.1, 0.15) is 111 Å². The predicted octanol–water partition coefficient (Wildman–Crippen LogP) is 9.91. The van der Waals surface area contributed by atoms with Crippen LogP contribution in [0.4, 0.5) is 66.3 Å². The maximum absolute atomic E-state index is 14.8. The lowest BCUT2D eigenvalue weighted by atomic mass is 10.0. The molecule has 3 aliphatic rings. The minimum atomic E-state index is -5.61. The van der Waals surface area contributed by atoms with Crippen LogP contribution in [-0.2, 0) is 65.4 Å².